The second-order valence-electron chi connectivity index (χ2n) is 4.35. The summed E-state index contributed by atoms with van der Waals surface area (Å²) in [6.07, 6.45) is 0. The predicted octanol–water partition coefficient (Wildman–Crippen LogP) is 2.18. The van der Waals surface area contributed by atoms with Crippen molar-refractivity contribution in [2.24, 2.45) is 5.41 Å². The Kier molecular flexibility index (Phi) is 3.50. The van der Waals surface area contributed by atoms with Crippen molar-refractivity contribution in [1.82, 2.24) is 0 Å². The number of benzene rings is 1. The predicted molar refractivity (Wildman–Crippen MR) is 61.2 cm³/mol. The maximum Gasteiger partial charge on any atom is 0.318 e. The SMILES string of the molecule is Cc1ccc(NC(=O)C(C)(C)C(=O)O)cc1F. The Hall–Kier alpha value is -1.91. The maximum absolute atomic E-state index is 13.2. The van der Waals surface area contributed by atoms with Gasteiger partial charge in [-0.05, 0) is 38.5 Å². The standard InChI is InChI=1S/C12H14FNO3/c1-7-4-5-8(6-9(7)13)14-10(15)12(2,3)11(16)17/h4-6H,1-3H3,(H,14,15)(H,16,17). The summed E-state index contributed by atoms with van der Waals surface area (Å²) >= 11 is 0. The second-order valence-corrected chi connectivity index (χ2v) is 4.35. The zero-order valence-electron chi connectivity index (χ0n) is 9.87. The van der Waals surface area contributed by atoms with Gasteiger partial charge in [0.15, 0.2) is 0 Å². The van der Waals surface area contributed by atoms with Gasteiger partial charge in [-0.15, -0.1) is 0 Å². The minimum atomic E-state index is -1.55. The zero-order chi connectivity index (χ0) is 13.2. The van der Waals surface area contributed by atoms with Crippen molar-refractivity contribution >= 4 is 17.6 Å². The highest BCUT2D eigenvalue weighted by molar-refractivity contribution is 6.07. The molecule has 92 valence electrons. The summed E-state index contributed by atoms with van der Waals surface area (Å²) in [5.74, 6) is -2.37. The number of hydrogen-bond donors (Lipinski definition) is 2. The number of halogens is 1. The third kappa shape index (κ3) is 2.81. The number of rotatable bonds is 3. The third-order valence-corrected chi connectivity index (χ3v) is 2.53. The Morgan fingerprint density at radius 1 is 1.35 bits per heavy atom. The molecule has 0 spiro atoms. The minimum Gasteiger partial charge on any atom is -0.480 e. The number of hydrogen-bond acceptors (Lipinski definition) is 2. The van der Waals surface area contributed by atoms with E-state index in [1.165, 1.54) is 26.0 Å². The van der Waals surface area contributed by atoms with Gasteiger partial charge in [0.25, 0.3) is 0 Å². The molecule has 5 heteroatoms. The molecule has 1 aromatic carbocycles. The first-order valence-electron chi connectivity index (χ1n) is 5.06. The fourth-order valence-electron chi connectivity index (χ4n) is 1.06. The lowest BCUT2D eigenvalue weighted by atomic mass is 9.92. The first-order valence-corrected chi connectivity index (χ1v) is 5.06. The van der Waals surface area contributed by atoms with Crippen LogP contribution in [0.5, 0.6) is 0 Å². The van der Waals surface area contributed by atoms with E-state index in [1.807, 2.05) is 0 Å². The van der Waals surface area contributed by atoms with Crippen molar-refractivity contribution in [2.45, 2.75) is 20.8 Å². The molecule has 0 fully saturated rings. The molecule has 0 aliphatic carbocycles. The monoisotopic (exact) mass is 239 g/mol. The van der Waals surface area contributed by atoms with Gasteiger partial charge < -0.3 is 10.4 Å². The smallest absolute Gasteiger partial charge is 0.318 e. The van der Waals surface area contributed by atoms with Crippen LogP contribution < -0.4 is 5.32 Å². The summed E-state index contributed by atoms with van der Waals surface area (Å²) < 4.78 is 13.2. The van der Waals surface area contributed by atoms with E-state index in [9.17, 15) is 14.0 Å². The number of carbonyl (C=O) groups excluding carboxylic acids is 1. The Morgan fingerprint density at radius 2 is 1.94 bits per heavy atom. The number of carboxylic acids is 1. The van der Waals surface area contributed by atoms with Crippen LogP contribution in [0.1, 0.15) is 19.4 Å². The lowest BCUT2D eigenvalue weighted by Gasteiger charge is -2.18. The van der Waals surface area contributed by atoms with Gasteiger partial charge in [-0.3, -0.25) is 9.59 Å². The van der Waals surface area contributed by atoms with Crippen LogP contribution in [0.4, 0.5) is 10.1 Å². The van der Waals surface area contributed by atoms with Gasteiger partial charge in [-0.1, -0.05) is 6.07 Å². The summed E-state index contributed by atoms with van der Waals surface area (Å²) in [5.41, 5.74) is -0.852. The van der Waals surface area contributed by atoms with Crippen LogP contribution in [0.15, 0.2) is 18.2 Å². The largest absolute Gasteiger partial charge is 0.480 e. The van der Waals surface area contributed by atoms with Crippen LogP contribution >= 0.6 is 0 Å². The van der Waals surface area contributed by atoms with Crippen molar-refractivity contribution in [3.05, 3.63) is 29.6 Å². The summed E-state index contributed by atoms with van der Waals surface area (Å²) in [4.78, 5) is 22.5. The van der Waals surface area contributed by atoms with Crippen LogP contribution in [-0.2, 0) is 9.59 Å². The van der Waals surface area contributed by atoms with E-state index in [1.54, 1.807) is 6.92 Å². The summed E-state index contributed by atoms with van der Waals surface area (Å²) in [5, 5.41) is 11.2. The van der Waals surface area contributed by atoms with E-state index in [4.69, 9.17) is 5.11 Å². The number of amides is 1. The van der Waals surface area contributed by atoms with Gasteiger partial charge in [0.05, 0.1) is 0 Å². The van der Waals surface area contributed by atoms with E-state index in [-0.39, 0.29) is 5.69 Å². The third-order valence-electron chi connectivity index (χ3n) is 2.53. The van der Waals surface area contributed by atoms with Crippen LogP contribution in [0, 0.1) is 18.2 Å². The Bertz CT molecular complexity index is 469. The quantitative estimate of drug-likeness (QED) is 0.794. The summed E-state index contributed by atoms with van der Waals surface area (Å²) in [7, 11) is 0. The van der Waals surface area contributed by atoms with Crippen LogP contribution in [0.3, 0.4) is 0 Å². The first kappa shape index (κ1) is 13.2. The fourth-order valence-corrected chi connectivity index (χ4v) is 1.06. The lowest BCUT2D eigenvalue weighted by molar-refractivity contribution is -0.151. The Balaban J connectivity index is 2.89. The van der Waals surface area contributed by atoms with Crippen LogP contribution in [-0.4, -0.2) is 17.0 Å². The molecule has 0 aromatic heterocycles. The number of aliphatic carboxylic acids is 1. The van der Waals surface area contributed by atoms with Crippen molar-refractivity contribution in [3.8, 4) is 0 Å². The van der Waals surface area contributed by atoms with Gasteiger partial charge in [0.2, 0.25) is 5.91 Å². The fraction of sp³-hybridized carbons (Fsp3) is 0.333. The molecule has 0 aliphatic rings. The average molecular weight is 239 g/mol. The van der Waals surface area contributed by atoms with Crippen molar-refractivity contribution < 1.29 is 19.1 Å². The highest BCUT2D eigenvalue weighted by Gasteiger charge is 2.36. The Morgan fingerprint density at radius 3 is 2.41 bits per heavy atom. The molecular weight excluding hydrogens is 225 g/mol. The van der Waals surface area contributed by atoms with E-state index in [2.05, 4.69) is 5.32 Å². The van der Waals surface area contributed by atoms with Gasteiger partial charge in [0.1, 0.15) is 11.2 Å². The number of aryl methyl sites for hydroxylation is 1. The van der Waals surface area contributed by atoms with E-state index in [0.29, 0.717) is 5.56 Å². The number of anilines is 1. The molecule has 0 bridgehead atoms. The Labute approximate surface area is 98.5 Å². The molecule has 0 saturated carbocycles. The van der Waals surface area contributed by atoms with Crippen molar-refractivity contribution in [2.75, 3.05) is 5.32 Å². The van der Waals surface area contributed by atoms with Gasteiger partial charge in [-0.2, -0.15) is 0 Å². The number of carbonyl (C=O) groups is 2. The molecule has 2 N–H and O–H groups in total. The minimum absolute atomic E-state index is 0.243. The van der Waals surface area contributed by atoms with Crippen molar-refractivity contribution in [3.63, 3.8) is 0 Å². The van der Waals surface area contributed by atoms with E-state index < -0.39 is 23.1 Å². The van der Waals surface area contributed by atoms with Gasteiger partial charge >= 0.3 is 5.97 Å². The molecule has 17 heavy (non-hydrogen) atoms. The number of carboxylic acid groups (broad SMARTS) is 1. The molecule has 0 heterocycles. The average Bonchev–Trinajstić information content (AvgIpc) is 2.23. The molecule has 0 atom stereocenters. The maximum atomic E-state index is 13.2. The van der Waals surface area contributed by atoms with E-state index in [0.717, 1.165) is 6.07 Å². The molecule has 0 unspecified atom stereocenters. The first-order chi connectivity index (χ1) is 7.75. The van der Waals surface area contributed by atoms with Gasteiger partial charge in [0, 0.05) is 5.69 Å². The topological polar surface area (TPSA) is 66.4 Å². The second kappa shape index (κ2) is 4.53. The molecule has 0 aliphatic heterocycles. The van der Waals surface area contributed by atoms with Gasteiger partial charge in [-0.25, -0.2) is 4.39 Å². The number of nitrogens with one attached hydrogen (secondary N) is 1. The molecule has 0 saturated heterocycles. The van der Waals surface area contributed by atoms with Crippen LogP contribution in [0.25, 0.3) is 0 Å². The molecule has 0 radical (unpaired) electrons. The van der Waals surface area contributed by atoms with Crippen molar-refractivity contribution in [1.29, 1.82) is 0 Å². The highest BCUT2D eigenvalue weighted by Crippen LogP contribution is 2.20. The summed E-state index contributed by atoms with van der Waals surface area (Å²) in [6, 6.07) is 4.19. The molecule has 1 amide bonds. The zero-order valence-corrected chi connectivity index (χ0v) is 9.87. The molecule has 1 aromatic rings. The normalized spacial score (nSPS) is 11.1. The summed E-state index contributed by atoms with van der Waals surface area (Å²) in [6.45, 7) is 4.17. The molecule has 4 nitrogen and oxygen atoms in total. The van der Waals surface area contributed by atoms with E-state index >= 15 is 0 Å². The highest BCUT2D eigenvalue weighted by atomic mass is 19.1. The van der Waals surface area contributed by atoms with Crippen LogP contribution in [0.2, 0.25) is 0 Å². The molecule has 1 rings (SSSR count). The molecular formula is C12H14FNO3. The lowest BCUT2D eigenvalue weighted by Crippen LogP contribution is -2.37.